The van der Waals surface area contributed by atoms with Gasteiger partial charge in [-0.25, -0.2) is 0 Å². The Morgan fingerprint density at radius 1 is 0.958 bits per heavy atom. The summed E-state index contributed by atoms with van der Waals surface area (Å²) in [6.45, 7) is 7.76. The van der Waals surface area contributed by atoms with Gasteiger partial charge in [0.2, 0.25) is 0 Å². The zero-order chi connectivity index (χ0) is 17.5. The van der Waals surface area contributed by atoms with E-state index in [2.05, 4.69) is 13.2 Å². The Kier molecular flexibility index (Phi) is 5.98. The Hall–Kier alpha value is -2.79. The van der Waals surface area contributed by atoms with Gasteiger partial charge in [-0.05, 0) is 23.9 Å². The molecule has 24 heavy (non-hydrogen) atoms. The van der Waals surface area contributed by atoms with Crippen LogP contribution < -0.4 is 0 Å². The number of amides is 2. The smallest absolute Gasteiger partial charge is 0.265 e. The number of nitrogens with zero attached hydrogens (tertiary/aromatic N) is 2. The fourth-order valence-corrected chi connectivity index (χ4v) is 2.56. The summed E-state index contributed by atoms with van der Waals surface area (Å²) < 4.78 is 0. The van der Waals surface area contributed by atoms with Crippen LogP contribution in [0.5, 0.6) is 0 Å². The van der Waals surface area contributed by atoms with Gasteiger partial charge >= 0.3 is 0 Å². The summed E-state index contributed by atoms with van der Waals surface area (Å²) in [7, 11) is 0. The largest absolute Gasteiger partial charge is 0.281 e. The maximum Gasteiger partial charge on any atom is 0.265 e. The van der Waals surface area contributed by atoms with E-state index >= 15 is 0 Å². The molecule has 4 nitrogen and oxygen atoms in total. The summed E-state index contributed by atoms with van der Waals surface area (Å²) in [6.07, 6.45) is 8.18. The Labute approximate surface area is 147 Å². The van der Waals surface area contributed by atoms with Crippen LogP contribution in [0.4, 0.5) is 0 Å². The zero-order valence-electron chi connectivity index (χ0n) is 13.2. The van der Waals surface area contributed by atoms with E-state index in [1.165, 1.54) is 15.9 Å². The highest BCUT2D eigenvalue weighted by molar-refractivity contribution is 7.80. The van der Waals surface area contributed by atoms with Crippen molar-refractivity contribution in [2.24, 2.45) is 0 Å². The molecule has 2 amide bonds. The third kappa shape index (κ3) is 3.75. The number of carbonyl (C=O) groups excluding carboxylic acids is 2. The summed E-state index contributed by atoms with van der Waals surface area (Å²) >= 11 is 5.25. The van der Waals surface area contributed by atoms with Gasteiger partial charge in [-0.1, -0.05) is 54.6 Å². The number of rotatable bonds is 6. The minimum Gasteiger partial charge on any atom is -0.281 e. The van der Waals surface area contributed by atoms with Crippen LogP contribution in [0, 0.1) is 0 Å². The van der Waals surface area contributed by atoms with E-state index in [0.29, 0.717) is 0 Å². The Morgan fingerprint density at radius 2 is 1.50 bits per heavy atom. The standard InChI is InChI=1S/C19H18N2O2S/c1-3-13-20-17(22)16(18(23)21(14-4-2)19(20)24)12-8-11-15-9-6-5-7-10-15/h3-12H,1-2,13-14H2/b11-8+. The molecule has 0 saturated carbocycles. The lowest BCUT2D eigenvalue weighted by Gasteiger charge is -2.35. The SMILES string of the molecule is C=CCN1C(=O)C(=C/C=C/c2ccccc2)C(=O)N(CC=C)C1=S. The van der Waals surface area contributed by atoms with Gasteiger partial charge in [-0.3, -0.25) is 19.4 Å². The molecule has 0 radical (unpaired) electrons. The lowest BCUT2D eigenvalue weighted by atomic mass is 10.1. The lowest BCUT2D eigenvalue weighted by Crippen LogP contribution is -2.56. The third-order valence-corrected chi connectivity index (χ3v) is 3.83. The Bertz CT molecular complexity index is 701. The van der Waals surface area contributed by atoms with Crippen molar-refractivity contribution in [2.75, 3.05) is 13.1 Å². The molecule has 1 heterocycles. The van der Waals surface area contributed by atoms with E-state index in [1.54, 1.807) is 18.2 Å². The van der Waals surface area contributed by atoms with Crippen molar-refractivity contribution in [3.63, 3.8) is 0 Å². The van der Waals surface area contributed by atoms with Crippen LogP contribution in [-0.2, 0) is 9.59 Å². The number of allylic oxidation sites excluding steroid dienone is 2. The molecular weight excluding hydrogens is 320 g/mol. The predicted octanol–water partition coefficient (Wildman–Crippen LogP) is 2.95. The molecule has 1 aliphatic heterocycles. The van der Waals surface area contributed by atoms with Crippen LogP contribution in [-0.4, -0.2) is 39.8 Å². The number of thiocarbonyl (C=S) groups is 1. The molecule has 1 fully saturated rings. The van der Waals surface area contributed by atoms with Crippen LogP contribution in [0.3, 0.4) is 0 Å². The lowest BCUT2D eigenvalue weighted by molar-refractivity contribution is -0.133. The van der Waals surface area contributed by atoms with Gasteiger partial charge in [0.05, 0.1) is 0 Å². The van der Waals surface area contributed by atoms with Gasteiger partial charge in [0.25, 0.3) is 11.8 Å². The molecule has 0 unspecified atom stereocenters. The highest BCUT2D eigenvalue weighted by atomic mass is 32.1. The Morgan fingerprint density at radius 3 is 2.00 bits per heavy atom. The predicted molar refractivity (Wildman–Crippen MR) is 100.0 cm³/mol. The fraction of sp³-hybridized carbons (Fsp3) is 0.105. The van der Waals surface area contributed by atoms with E-state index in [9.17, 15) is 9.59 Å². The average Bonchev–Trinajstić information content (AvgIpc) is 2.59. The molecule has 5 heteroatoms. The first-order chi connectivity index (χ1) is 11.6. The van der Waals surface area contributed by atoms with Crippen LogP contribution in [0.1, 0.15) is 5.56 Å². The minimum atomic E-state index is -0.414. The molecule has 0 atom stereocenters. The van der Waals surface area contributed by atoms with Crippen LogP contribution in [0.2, 0.25) is 0 Å². The monoisotopic (exact) mass is 338 g/mol. The first-order valence-electron chi connectivity index (χ1n) is 7.43. The Balaban J connectivity index is 2.33. The minimum absolute atomic E-state index is 0.0690. The zero-order valence-corrected chi connectivity index (χ0v) is 14.0. The third-order valence-electron chi connectivity index (χ3n) is 3.39. The van der Waals surface area contributed by atoms with E-state index in [-0.39, 0.29) is 23.8 Å². The van der Waals surface area contributed by atoms with Crippen molar-refractivity contribution < 1.29 is 9.59 Å². The molecular formula is C19H18N2O2S. The van der Waals surface area contributed by atoms with Crippen LogP contribution in [0.25, 0.3) is 6.08 Å². The number of carbonyl (C=O) groups is 2. The molecule has 1 aromatic carbocycles. The fourth-order valence-electron chi connectivity index (χ4n) is 2.24. The van der Waals surface area contributed by atoms with Crippen LogP contribution >= 0.6 is 12.2 Å². The van der Waals surface area contributed by atoms with Crippen molar-refractivity contribution in [3.8, 4) is 0 Å². The summed E-state index contributed by atoms with van der Waals surface area (Å²) in [5.74, 6) is -0.828. The summed E-state index contributed by atoms with van der Waals surface area (Å²) in [6, 6.07) is 9.62. The van der Waals surface area contributed by atoms with E-state index in [4.69, 9.17) is 12.2 Å². The van der Waals surface area contributed by atoms with Gasteiger partial charge in [-0.2, -0.15) is 0 Å². The second kappa shape index (κ2) is 8.17. The maximum absolute atomic E-state index is 12.5. The molecule has 2 rings (SSSR count). The average molecular weight is 338 g/mol. The topological polar surface area (TPSA) is 40.6 Å². The van der Waals surface area contributed by atoms with Crippen molar-refractivity contribution in [3.05, 3.63) is 78.9 Å². The first-order valence-corrected chi connectivity index (χ1v) is 7.84. The van der Waals surface area contributed by atoms with Gasteiger partial charge in [0, 0.05) is 13.1 Å². The molecule has 0 bridgehead atoms. The van der Waals surface area contributed by atoms with Crippen molar-refractivity contribution in [1.82, 2.24) is 9.80 Å². The molecule has 1 aliphatic rings. The first kappa shape index (κ1) is 17.6. The molecule has 1 aromatic rings. The normalized spacial score (nSPS) is 15.2. The van der Waals surface area contributed by atoms with Crippen molar-refractivity contribution in [1.29, 1.82) is 0 Å². The molecule has 0 spiro atoms. The van der Waals surface area contributed by atoms with E-state index in [1.807, 2.05) is 36.4 Å². The van der Waals surface area contributed by atoms with E-state index in [0.717, 1.165) is 5.56 Å². The van der Waals surface area contributed by atoms with Crippen molar-refractivity contribution >= 4 is 35.2 Å². The highest BCUT2D eigenvalue weighted by Crippen LogP contribution is 2.18. The summed E-state index contributed by atoms with van der Waals surface area (Å²) in [5.41, 5.74) is 1.05. The second-order valence-electron chi connectivity index (χ2n) is 5.04. The summed E-state index contributed by atoms with van der Waals surface area (Å²) in [4.78, 5) is 27.8. The number of hydrogen-bond acceptors (Lipinski definition) is 3. The van der Waals surface area contributed by atoms with Crippen molar-refractivity contribution in [2.45, 2.75) is 0 Å². The number of benzene rings is 1. The summed E-state index contributed by atoms with van der Waals surface area (Å²) in [5, 5.41) is 0.175. The molecule has 1 saturated heterocycles. The van der Waals surface area contributed by atoms with Gasteiger partial charge in [0.1, 0.15) is 5.57 Å². The molecule has 0 N–H and O–H groups in total. The molecule has 122 valence electrons. The maximum atomic E-state index is 12.5. The second-order valence-corrected chi connectivity index (χ2v) is 5.41. The van der Waals surface area contributed by atoms with E-state index < -0.39 is 11.8 Å². The molecule has 0 aromatic heterocycles. The molecule has 0 aliphatic carbocycles. The van der Waals surface area contributed by atoms with Gasteiger partial charge in [-0.15, -0.1) is 13.2 Å². The van der Waals surface area contributed by atoms with Gasteiger partial charge < -0.3 is 0 Å². The quantitative estimate of drug-likeness (QED) is 0.347. The van der Waals surface area contributed by atoms with Crippen LogP contribution in [0.15, 0.2) is 73.4 Å². The number of hydrogen-bond donors (Lipinski definition) is 0. The van der Waals surface area contributed by atoms with Gasteiger partial charge in [0.15, 0.2) is 5.11 Å². The highest BCUT2D eigenvalue weighted by Gasteiger charge is 2.37.